The largest absolute Gasteiger partial charge is 0.369 e. The first kappa shape index (κ1) is 7.92. The molecule has 1 rings (SSSR count). The van der Waals surface area contributed by atoms with Gasteiger partial charge in [0.05, 0.1) is 6.10 Å². The highest BCUT2D eigenvalue weighted by atomic mass is 19.3. The lowest BCUT2D eigenvalue weighted by Crippen LogP contribution is -2.22. The van der Waals surface area contributed by atoms with Gasteiger partial charge in [0.25, 0.3) is 6.43 Å². The third-order valence-electron chi connectivity index (χ3n) is 1.90. The topological polar surface area (TPSA) is 9.23 Å². The second-order valence-electron chi connectivity index (χ2n) is 2.96. The molecule has 1 nitrogen and oxygen atoms in total. The zero-order chi connectivity index (χ0) is 7.72. The zero-order valence-electron chi connectivity index (χ0n) is 6.18. The van der Waals surface area contributed by atoms with Gasteiger partial charge < -0.3 is 4.74 Å². The molecule has 3 atom stereocenters. The van der Waals surface area contributed by atoms with Crippen LogP contribution in [0.1, 0.15) is 20.3 Å². The fourth-order valence-electron chi connectivity index (χ4n) is 1.42. The van der Waals surface area contributed by atoms with Crippen molar-refractivity contribution >= 4 is 0 Å². The summed E-state index contributed by atoms with van der Waals surface area (Å²) >= 11 is 0. The van der Waals surface area contributed by atoms with Gasteiger partial charge in [-0.3, -0.25) is 0 Å². The summed E-state index contributed by atoms with van der Waals surface area (Å²) in [5, 5.41) is 0. The van der Waals surface area contributed by atoms with E-state index in [0.29, 0.717) is 0 Å². The highest BCUT2D eigenvalue weighted by molar-refractivity contribution is 4.78. The molecule has 0 aliphatic carbocycles. The molecule has 0 amide bonds. The predicted molar refractivity (Wildman–Crippen MR) is 34.1 cm³/mol. The minimum Gasteiger partial charge on any atom is -0.369 e. The summed E-state index contributed by atoms with van der Waals surface area (Å²) in [7, 11) is 0. The Bertz CT molecular complexity index is 116. The molecule has 0 aromatic heterocycles. The summed E-state index contributed by atoms with van der Waals surface area (Å²) in [5.74, 6) is 0.00926. The molecule has 0 spiro atoms. The van der Waals surface area contributed by atoms with Gasteiger partial charge in [0.2, 0.25) is 0 Å². The van der Waals surface area contributed by atoms with Gasteiger partial charge in [-0.25, -0.2) is 8.78 Å². The van der Waals surface area contributed by atoms with Crippen molar-refractivity contribution in [1.82, 2.24) is 0 Å². The van der Waals surface area contributed by atoms with Crippen molar-refractivity contribution in [1.29, 1.82) is 0 Å². The molecule has 1 heterocycles. The van der Waals surface area contributed by atoms with E-state index >= 15 is 0 Å². The lowest BCUT2D eigenvalue weighted by Gasteiger charge is -2.12. The summed E-state index contributed by atoms with van der Waals surface area (Å²) < 4.78 is 29.1. The van der Waals surface area contributed by atoms with E-state index in [-0.39, 0.29) is 12.0 Å². The lowest BCUT2D eigenvalue weighted by atomic mass is 10.0. The highest BCUT2D eigenvalue weighted by Gasteiger charge is 2.35. The van der Waals surface area contributed by atoms with Crippen LogP contribution in [0.15, 0.2) is 0 Å². The van der Waals surface area contributed by atoms with Crippen LogP contribution in [0.3, 0.4) is 0 Å². The second kappa shape index (κ2) is 2.82. The maximum atomic E-state index is 12.0. The van der Waals surface area contributed by atoms with Crippen LogP contribution in [0.25, 0.3) is 0 Å². The van der Waals surface area contributed by atoms with Crippen LogP contribution in [0.4, 0.5) is 8.78 Å². The van der Waals surface area contributed by atoms with Crippen LogP contribution < -0.4 is 0 Å². The first-order valence-electron chi connectivity index (χ1n) is 3.55. The fraction of sp³-hybridized carbons (Fsp3) is 1.00. The van der Waals surface area contributed by atoms with Gasteiger partial charge in [0, 0.05) is 0 Å². The van der Waals surface area contributed by atoms with Gasteiger partial charge in [0.15, 0.2) is 0 Å². The van der Waals surface area contributed by atoms with Gasteiger partial charge in [-0.05, 0) is 19.3 Å². The Kier molecular flexibility index (Phi) is 2.24. The van der Waals surface area contributed by atoms with Crippen molar-refractivity contribution in [2.75, 3.05) is 0 Å². The Morgan fingerprint density at radius 3 is 2.20 bits per heavy atom. The second-order valence-corrected chi connectivity index (χ2v) is 2.96. The minimum atomic E-state index is -2.32. The molecule has 1 saturated heterocycles. The molecule has 0 aromatic rings. The molecule has 0 N–H and O–H groups in total. The Morgan fingerprint density at radius 1 is 1.40 bits per heavy atom. The Hall–Kier alpha value is -0.180. The SMILES string of the molecule is CC1CC(C)C(C(F)F)O1. The van der Waals surface area contributed by atoms with E-state index < -0.39 is 12.5 Å². The van der Waals surface area contributed by atoms with Gasteiger partial charge in [-0.15, -0.1) is 0 Å². The van der Waals surface area contributed by atoms with Crippen LogP contribution >= 0.6 is 0 Å². The molecule has 1 aliphatic heterocycles. The van der Waals surface area contributed by atoms with Crippen molar-refractivity contribution in [2.24, 2.45) is 5.92 Å². The third kappa shape index (κ3) is 1.45. The Balaban J connectivity index is 2.46. The third-order valence-corrected chi connectivity index (χ3v) is 1.90. The highest BCUT2D eigenvalue weighted by Crippen LogP contribution is 2.29. The van der Waals surface area contributed by atoms with Crippen molar-refractivity contribution in [3.63, 3.8) is 0 Å². The van der Waals surface area contributed by atoms with E-state index in [9.17, 15) is 8.78 Å². The monoisotopic (exact) mass is 150 g/mol. The Labute approximate surface area is 59.4 Å². The fourth-order valence-corrected chi connectivity index (χ4v) is 1.42. The van der Waals surface area contributed by atoms with Gasteiger partial charge in [0.1, 0.15) is 6.10 Å². The summed E-state index contributed by atoms with van der Waals surface area (Å²) in [5.41, 5.74) is 0. The van der Waals surface area contributed by atoms with Crippen molar-refractivity contribution in [2.45, 2.75) is 38.9 Å². The molecule has 1 fully saturated rings. The number of hydrogen-bond acceptors (Lipinski definition) is 1. The summed E-state index contributed by atoms with van der Waals surface area (Å²) in [6, 6.07) is 0. The number of ether oxygens (including phenoxy) is 1. The minimum absolute atomic E-state index is 0.00833. The predicted octanol–water partition coefficient (Wildman–Crippen LogP) is 2.06. The van der Waals surface area contributed by atoms with Crippen LogP contribution in [0, 0.1) is 5.92 Å². The van der Waals surface area contributed by atoms with Crippen LogP contribution in [-0.4, -0.2) is 18.6 Å². The van der Waals surface area contributed by atoms with Crippen molar-refractivity contribution in [3.8, 4) is 0 Å². The average Bonchev–Trinajstić information content (AvgIpc) is 2.10. The number of rotatable bonds is 1. The lowest BCUT2D eigenvalue weighted by molar-refractivity contribution is -0.0575. The summed E-state index contributed by atoms with van der Waals surface area (Å²) in [6.07, 6.45) is -2.38. The van der Waals surface area contributed by atoms with Crippen LogP contribution in [-0.2, 0) is 4.74 Å². The standard InChI is InChI=1S/C7H12F2O/c1-4-3-5(2)10-6(4)7(8)9/h4-7H,3H2,1-2H3. The quantitative estimate of drug-likeness (QED) is 0.556. The normalized spacial score (nSPS) is 41.1. The molecule has 0 bridgehead atoms. The Morgan fingerprint density at radius 2 is 2.00 bits per heavy atom. The molecule has 60 valence electrons. The molecule has 1 aliphatic rings. The number of halogens is 2. The molecular formula is C7H12F2O. The maximum absolute atomic E-state index is 12.0. The maximum Gasteiger partial charge on any atom is 0.264 e. The van der Waals surface area contributed by atoms with Crippen LogP contribution in [0.5, 0.6) is 0 Å². The summed E-state index contributed by atoms with van der Waals surface area (Å²) in [4.78, 5) is 0. The average molecular weight is 150 g/mol. The first-order chi connectivity index (χ1) is 4.61. The van der Waals surface area contributed by atoms with Gasteiger partial charge >= 0.3 is 0 Å². The van der Waals surface area contributed by atoms with Crippen LogP contribution in [0.2, 0.25) is 0 Å². The van der Waals surface area contributed by atoms with Crippen molar-refractivity contribution in [3.05, 3.63) is 0 Å². The number of alkyl halides is 2. The number of hydrogen-bond donors (Lipinski definition) is 0. The smallest absolute Gasteiger partial charge is 0.264 e. The molecule has 3 unspecified atom stereocenters. The van der Waals surface area contributed by atoms with Gasteiger partial charge in [-0.1, -0.05) is 6.92 Å². The van der Waals surface area contributed by atoms with Crippen molar-refractivity contribution < 1.29 is 13.5 Å². The van der Waals surface area contributed by atoms with E-state index in [1.165, 1.54) is 0 Å². The molecule has 3 heteroatoms. The molecule has 0 saturated carbocycles. The molecule has 0 radical (unpaired) electrons. The molecule has 10 heavy (non-hydrogen) atoms. The zero-order valence-corrected chi connectivity index (χ0v) is 6.18. The van der Waals surface area contributed by atoms with E-state index in [4.69, 9.17) is 4.74 Å². The molecule has 0 aromatic carbocycles. The summed E-state index contributed by atoms with van der Waals surface area (Å²) in [6.45, 7) is 3.64. The van der Waals surface area contributed by atoms with Gasteiger partial charge in [-0.2, -0.15) is 0 Å². The van der Waals surface area contributed by atoms with E-state index in [1.807, 2.05) is 6.92 Å². The van der Waals surface area contributed by atoms with E-state index in [0.717, 1.165) is 6.42 Å². The first-order valence-corrected chi connectivity index (χ1v) is 3.55. The van der Waals surface area contributed by atoms with E-state index in [2.05, 4.69) is 0 Å². The van der Waals surface area contributed by atoms with E-state index in [1.54, 1.807) is 6.92 Å². The molecular weight excluding hydrogens is 138 g/mol.